The summed E-state index contributed by atoms with van der Waals surface area (Å²) in [5, 5.41) is 6.17. The first-order valence-electron chi connectivity index (χ1n) is 6.54. The second-order valence-electron chi connectivity index (χ2n) is 4.92. The van der Waals surface area contributed by atoms with Crippen LogP contribution in [0.5, 0.6) is 0 Å². The van der Waals surface area contributed by atoms with Gasteiger partial charge in [-0.3, -0.25) is 9.52 Å². The van der Waals surface area contributed by atoms with Crippen LogP contribution in [0.3, 0.4) is 0 Å². The maximum absolute atomic E-state index is 12.3. The van der Waals surface area contributed by atoms with E-state index in [0.29, 0.717) is 11.3 Å². The first kappa shape index (κ1) is 14.8. The molecular formula is C13H19N3O3S. The molecule has 0 spiro atoms. The van der Waals surface area contributed by atoms with Gasteiger partial charge in [0, 0.05) is 6.04 Å². The van der Waals surface area contributed by atoms with E-state index >= 15 is 0 Å². The zero-order valence-corrected chi connectivity index (χ0v) is 12.2. The third-order valence-corrected chi connectivity index (χ3v) is 3.73. The largest absolute Gasteiger partial charge is 0.349 e. The molecule has 3 N–H and O–H groups in total. The van der Waals surface area contributed by atoms with Gasteiger partial charge in [0.25, 0.3) is 5.91 Å². The maximum atomic E-state index is 12.3. The number of carbonyl (C=O) groups is 1. The molecule has 0 aromatic heterocycles. The summed E-state index contributed by atoms with van der Waals surface area (Å²) < 4.78 is 25.0. The van der Waals surface area contributed by atoms with E-state index in [1.807, 2.05) is 0 Å². The van der Waals surface area contributed by atoms with Crippen LogP contribution in [0.2, 0.25) is 0 Å². The Bertz CT molecular complexity index is 580. The van der Waals surface area contributed by atoms with Crippen LogP contribution in [0.25, 0.3) is 0 Å². The molecule has 1 fully saturated rings. The van der Waals surface area contributed by atoms with E-state index in [0.717, 1.165) is 32.2 Å². The molecule has 0 aliphatic carbocycles. The van der Waals surface area contributed by atoms with Crippen molar-refractivity contribution in [2.24, 2.45) is 0 Å². The summed E-state index contributed by atoms with van der Waals surface area (Å²) in [5.74, 6) is -0.247. The molecule has 1 aromatic carbocycles. The number of carbonyl (C=O) groups excluding carboxylic acids is 1. The van der Waals surface area contributed by atoms with Crippen LogP contribution in [0.4, 0.5) is 5.69 Å². The summed E-state index contributed by atoms with van der Waals surface area (Å²) in [5.41, 5.74) is 0.651. The molecule has 20 heavy (non-hydrogen) atoms. The molecule has 110 valence electrons. The third-order valence-electron chi connectivity index (χ3n) is 3.14. The lowest BCUT2D eigenvalue weighted by atomic mass is 10.1. The lowest BCUT2D eigenvalue weighted by molar-refractivity contribution is 0.0930. The number of piperidine rings is 1. The van der Waals surface area contributed by atoms with E-state index in [1.54, 1.807) is 24.3 Å². The van der Waals surface area contributed by atoms with Crippen LogP contribution < -0.4 is 15.4 Å². The minimum absolute atomic E-state index is 0.134. The Hall–Kier alpha value is -1.60. The molecule has 0 unspecified atom stereocenters. The van der Waals surface area contributed by atoms with E-state index in [-0.39, 0.29) is 11.9 Å². The van der Waals surface area contributed by atoms with E-state index in [1.165, 1.54) is 0 Å². The molecule has 0 saturated carbocycles. The molecule has 1 aromatic rings. The number of amides is 1. The van der Waals surface area contributed by atoms with Gasteiger partial charge in [-0.25, -0.2) is 8.42 Å². The second-order valence-corrected chi connectivity index (χ2v) is 6.67. The van der Waals surface area contributed by atoms with Gasteiger partial charge in [-0.2, -0.15) is 0 Å². The van der Waals surface area contributed by atoms with Crippen molar-refractivity contribution in [3.8, 4) is 0 Å². The van der Waals surface area contributed by atoms with Crippen molar-refractivity contribution in [3.63, 3.8) is 0 Å². The molecule has 0 bridgehead atoms. The highest BCUT2D eigenvalue weighted by molar-refractivity contribution is 7.92. The number of hydrogen-bond acceptors (Lipinski definition) is 4. The highest BCUT2D eigenvalue weighted by atomic mass is 32.2. The Kier molecular flexibility index (Phi) is 4.61. The summed E-state index contributed by atoms with van der Waals surface area (Å²) in [4.78, 5) is 12.3. The average molecular weight is 297 g/mol. The highest BCUT2D eigenvalue weighted by Crippen LogP contribution is 2.17. The molecule has 2 rings (SSSR count). The van der Waals surface area contributed by atoms with Crippen LogP contribution in [-0.2, 0) is 10.0 Å². The van der Waals surface area contributed by atoms with Crippen molar-refractivity contribution >= 4 is 21.6 Å². The van der Waals surface area contributed by atoms with Gasteiger partial charge in [0.15, 0.2) is 0 Å². The maximum Gasteiger partial charge on any atom is 0.253 e. The van der Waals surface area contributed by atoms with Crippen molar-refractivity contribution in [2.75, 3.05) is 24.1 Å². The molecular weight excluding hydrogens is 278 g/mol. The molecule has 1 aliphatic heterocycles. The summed E-state index contributed by atoms with van der Waals surface area (Å²) in [7, 11) is -3.41. The highest BCUT2D eigenvalue weighted by Gasteiger charge is 2.19. The Balaban J connectivity index is 2.12. The lowest BCUT2D eigenvalue weighted by Gasteiger charge is -2.24. The van der Waals surface area contributed by atoms with Crippen molar-refractivity contribution < 1.29 is 13.2 Å². The van der Waals surface area contributed by atoms with Gasteiger partial charge in [-0.1, -0.05) is 12.1 Å². The van der Waals surface area contributed by atoms with Crippen LogP contribution >= 0.6 is 0 Å². The Morgan fingerprint density at radius 3 is 2.55 bits per heavy atom. The fraction of sp³-hybridized carbons (Fsp3) is 0.462. The van der Waals surface area contributed by atoms with Crippen molar-refractivity contribution in [1.82, 2.24) is 10.6 Å². The van der Waals surface area contributed by atoms with Gasteiger partial charge >= 0.3 is 0 Å². The number of rotatable bonds is 4. The number of sulfonamides is 1. The molecule has 0 radical (unpaired) electrons. The van der Waals surface area contributed by atoms with Crippen molar-refractivity contribution in [1.29, 1.82) is 0 Å². The normalized spacial score (nSPS) is 16.6. The van der Waals surface area contributed by atoms with Gasteiger partial charge in [-0.15, -0.1) is 0 Å². The van der Waals surface area contributed by atoms with Gasteiger partial charge in [0.2, 0.25) is 10.0 Å². The van der Waals surface area contributed by atoms with Crippen molar-refractivity contribution in [3.05, 3.63) is 29.8 Å². The standard InChI is InChI=1S/C13H19N3O3S/c1-20(18,19)16-12-5-3-2-4-11(12)13(17)15-10-6-8-14-9-7-10/h2-5,10,14,16H,6-9H2,1H3,(H,15,17). The predicted molar refractivity (Wildman–Crippen MR) is 78.3 cm³/mol. The Morgan fingerprint density at radius 2 is 1.90 bits per heavy atom. The van der Waals surface area contributed by atoms with Crippen LogP contribution in [-0.4, -0.2) is 39.7 Å². The minimum atomic E-state index is -3.41. The molecule has 6 nitrogen and oxygen atoms in total. The number of benzene rings is 1. The zero-order valence-electron chi connectivity index (χ0n) is 11.3. The number of nitrogens with one attached hydrogen (secondary N) is 3. The third kappa shape index (κ3) is 4.21. The fourth-order valence-electron chi connectivity index (χ4n) is 2.20. The Morgan fingerprint density at radius 1 is 1.25 bits per heavy atom. The quantitative estimate of drug-likeness (QED) is 0.757. The summed E-state index contributed by atoms with van der Waals surface area (Å²) in [6.45, 7) is 1.77. The van der Waals surface area contributed by atoms with E-state index < -0.39 is 10.0 Å². The average Bonchev–Trinajstić information content (AvgIpc) is 2.38. The minimum Gasteiger partial charge on any atom is -0.349 e. The summed E-state index contributed by atoms with van der Waals surface area (Å²) in [6, 6.07) is 6.73. The van der Waals surface area contributed by atoms with Gasteiger partial charge in [0.05, 0.1) is 17.5 Å². The second kappa shape index (κ2) is 6.23. The molecule has 7 heteroatoms. The topological polar surface area (TPSA) is 87.3 Å². The lowest BCUT2D eigenvalue weighted by Crippen LogP contribution is -2.42. The SMILES string of the molecule is CS(=O)(=O)Nc1ccccc1C(=O)NC1CCNCC1. The van der Waals surface area contributed by atoms with Crippen LogP contribution in [0, 0.1) is 0 Å². The molecule has 1 aliphatic rings. The molecule has 0 atom stereocenters. The van der Waals surface area contributed by atoms with E-state index in [4.69, 9.17) is 0 Å². The Labute approximate surface area is 119 Å². The van der Waals surface area contributed by atoms with Gasteiger partial charge < -0.3 is 10.6 Å². The van der Waals surface area contributed by atoms with Gasteiger partial charge in [-0.05, 0) is 38.1 Å². The summed E-state index contributed by atoms with van der Waals surface area (Å²) in [6.07, 6.45) is 2.83. The molecule has 1 amide bonds. The number of hydrogen-bond donors (Lipinski definition) is 3. The van der Waals surface area contributed by atoms with Crippen molar-refractivity contribution in [2.45, 2.75) is 18.9 Å². The molecule has 1 heterocycles. The van der Waals surface area contributed by atoms with Crippen LogP contribution in [0.1, 0.15) is 23.2 Å². The van der Waals surface area contributed by atoms with Crippen LogP contribution in [0.15, 0.2) is 24.3 Å². The number of anilines is 1. The predicted octanol–water partition coefficient (Wildman–Crippen LogP) is 0.540. The summed E-state index contributed by atoms with van der Waals surface area (Å²) >= 11 is 0. The fourth-order valence-corrected chi connectivity index (χ4v) is 2.78. The smallest absolute Gasteiger partial charge is 0.253 e. The van der Waals surface area contributed by atoms with Gasteiger partial charge in [0.1, 0.15) is 0 Å². The number of para-hydroxylation sites is 1. The first-order valence-corrected chi connectivity index (χ1v) is 8.43. The molecule has 1 saturated heterocycles. The van der Waals surface area contributed by atoms with E-state index in [9.17, 15) is 13.2 Å². The zero-order chi connectivity index (χ0) is 14.6. The monoisotopic (exact) mass is 297 g/mol. The first-order chi connectivity index (χ1) is 9.46. The van der Waals surface area contributed by atoms with E-state index in [2.05, 4.69) is 15.4 Å².